The Morgan fingerprint density at radius 2 is 1.70 bits per heavy atom. The maximum absolute atomic E-state index is 12.0. The molecule has 1 N–H and O–H groups in total. The van der Waals surface area contributed by atoms with Gasteiger partial charge < -0.3 is 10.2 Å². The van der Waals surface area contributed by atoms with E-state index in [1.54, 1.807) is 6.20 Å². The summed E-state index contributed by atoms with van der Waals surface area (Å²) < 4.78 is 0. The second kappa shape index (κ2) is 9.41. The smallest absolute Gasteiger partial charge is 0.263 e. The van der Waals surface area contributed by atoms with Crippen molar-refractivity contribution in [1.29, 1.82) is 5.26 Å². The number of nitrogens with one attached hydrogen (secondary N) is 1. The second-order valence-corrected chi connectivity index (χ2v) is 6.18. The summed E-state index contributed by atoms with van der Waals surface area (Å²) in [4.78, 5) is 14.1. The highest BCUT2D eigenvalue weighted by atomic mass is 16.1. The Balaban J connectivity index is 4.94. The Morgan fingerprint density at radius 3 is 2.05 bits per heavy atom. The van der Waals surface area contributed by atoms with Gasteiger partial charge in [0.1, 0.15) is 11.6 Å². The molecule has 0 aliphatic rings. The van der Waals surface area contributed by atoms with Gasteiger partial charge in [-0.25, -0.2) is 0 Å². The summed E-state index contributed by atoms with van der Waals surface area (Å²) in [5.41, 5.74) is 0.187. The monoisotopic (exact) mass is 279 g/mol. The first kappa shape index (κ1) is 18.5. The molecule has 0 aromatic carbocycles. The molecule has 0 saturated heterocycles. The van der Waals surface area contributed by atoms with E-state index < -0.39 is 0 Å². The van der Waals surface area contributed by atoms with Crippen LogP contribution in [0.5, 0.6) is 0 Å². The van der Waals surface area contributed by atoms with Crippen LogP contribution in [0.2, 0.25) is 0 Å². The molecule has 0 fully saturated rings. The number of carbonyl (C=O) groups excluding carboxylic acids is 1. The third-order valence-electron chi connectivity index (χ3n) is 2.87. The van der Waals surface area contributed by atoms with E-state index in [2.05, 4.69) is 37.9 Å². The molecule has 4 nitrogen and oxygen atoms in total. The lowest BCUT2D eigenvalue weighted by Gasteiger charge is -2.25. The Bertz CT molecular complexity index is 356. The van der Waals surface area contributed by atoms with E-state index >= 15 is 0 Å². The lowest BCUT2D eigenvalue weighted by Crippen LogP contribution is -2.34. The number of hydrogen-bond donors (Lipinski definition) is 1. The highest BCUT2D eigenvalue weighted by Crippen LogP contribution is 2.07. The molecular weight excluding hydrogens is 250 g/mol. The van der Waals surface area contributed by atoms with E-state index in [1.165, 1.54) is 0 Å². The lowest BCUT2D eigenvalue weighted by molar-refractivity contribution is -0.117. The van der Waals surface area contributed by atoms with E-state index in [4.69, 9.17) is 0 Å². The highest BCUT2D eigenvalue weighted by molar-refractivity contribution is 5.97. The van der Waals surface area contributed by atoms with Gasteiger partial charge in [0.15, 0.2) is 0 Å². The van der Waals surface area contributed by atoms with Gasteiger partial charge in [0.2, 0.25) is 0 Å². The van der Waals surface area contributed by atoms with E-state index in [9.17, 15) is 10.1 Å². The maximum Gasteiger partial charge on any atom is 0.263 e. The van der Waals surface area contributed by atoms with E-state index in [1.807, 2.05) is 19.9 Å². The molecule has 0 spiro atoms. The zero-order valence-electron chi connectivity index (χ0n) is 13.7. The summed E-state index contributed by atoms with van der Waals surface area (Å²) in [6.45, 7) is 14.2. The average molecular weight is 279 g/mol. The van der Waals surface area contributed by atoms with Crippen LogP contribution in [0.4, 0.5) is 0 Å². The third kappa shape index (κ3) is 7.83. The molecule has 0 bridgehead atoms. The molecule has 1 unspecified atom stereocenters. The molecule has 1 amide bonds. The van der Waals surface area contributed by atoms with Crippen LogP contribution in [0.25, 0.3) is 0 Å². The SMILES string of the molecule is CCC(C)NC(=O)/C(C#N)=C\N(CC(C)C)CC(C)C. The fourth-order valence-corrected chi connectivity index (χ4v) is 1.84. The van der Waals surface area contributed by atoms with Gasteiger partial charge in [-0.3, -0.25) is 4.79 Å². The van der Waals surface area contributed by atoms with Crippen molar-refractivity contribution in [3.8, 4) is 6.07 Å². The number of rotatable bonds is 8. The number of nitriles is 1. The van der Waals surface area contributed by atoms with Crippen LogP contribution in [0.15, 0.2) is 11.8 Å². The fourth-order valence-electron chi connectivity index (χ4n) is 1.84. The van der Waals surface area contributed by atoms with Crippen LogP contribution < -0.4 is 5.32 Å². The highest BCUT2D eigenvalue weighted by Gasteiger charge is 2.14. The van der Waals surface area contributed by atoms with Crippen LogP contribution in [0.1, 0.15) is 48.0 Å². The predicted molar refractivity (Wildman–Crippen MR) is 82.8 cm³/mol. The summed E-state index contributed by atoms with van der Waals surface area (Å²) in [5, 5.41) is 12.0. The Morgan fingerprint density at radius 1 is 1.20 bits per heavy atom. The zero-order chi connectivity index (χ0) is 15.7. The normalized spacial score (nSPS) is 13.2. The first-order valence-electron chi connectivity index (χ1n) is 7.46. The van der Waals surface area contributed by atoms with Crippen LogP contribution in [-0.2, 0) is 4.79 Å². The number of nitrogens with zero attached hydrogens (tertiary/aromatic N) is 2. The first-order valence-corrected chi connectivity index (χ1v) is 7.46. The van der Waals surface area contributed by atoms with Crippen LogP contribution >= 0.6 is 0 Å². The Labute approximate surface area is 123 Å². The second-order valence-electron chi connectivity index (χ2n) is 6.18. The van der Waals surface area contributed by atoms with Gasteiger partial charge in [-0.2, -0.15) is 5.26 Å². The van der Waals surface area contributed by atoms with Gasteiger partial charge in [0.25, 0.3) is 5.91 Å². The molecule has 0 radical (unpaired) electrons. The molecule has 0 aromatic heterocycles. The predicted octanol–water partition coefficient (Wildman–Crippen LogP) is 2.92. The van der Waals surface area contributed by atoms with Crippen molar-refractivity contribution < 1.29 is 4.79 Å². The summed E-state index contributed by atoms with van der Waals surface area (Å²) in [5.74, 6) is 0.699. The van der Waals surface area contributed by atoms with Crippen molar-refractivity contribution >= 4 is 5.91 Å². The van der Waals surface area contributed by atoms with E-state index in [0.717, 1.165) is 19.5 Å². The van der Waals surface area contributed by atoms with Gasteiger partial charge in [-0.1, -0.05) is 34.6 Å². The molecule has 0 rings (SSSR count). The van der Waals surface area contributed by atoms with Gasteiger partial charge >= 0.3 is 0 Å². The van der Waals surface area contributed by atoms with Crippen molar-refractivity contribution in [2.45, 2.75) is 54.0 Å². The number of amides is 1. The van der Waals surface area contributed by atoms with Crippen molar-refractivity contribution in [1.82, 2.24) is 10.2 Å². The summed E-state index contributed by atoms with van der Waals surface area (Å²) in [6, 6.07) is 2.10. The fraction of sp³-hybridized carbons (Fsp3) is 0.750. The molecule has 4 heteroatoms. The number of hydrogen-bond acceptors (Lipinski definition) is 3. The van der Waals surface area contributed by atoms with Crippen molar-refractivity contribution in [2.75, 3.05) is 13.1 Å². The van der Waals surface area contributed by atoms with Crippen LogP contribution in [0.3, 0.4) is 0 Å². The minimum atomic E-state index is -0.278. The quantitative estimate of drug-likeness (QED) is 0.549. The van der Waals surface area contributed by atoms with Gasteiger partial charge in [-0.15, -0.1) is 0 Å². The standard InChI is InChI=1S/C16H29N3O/c1-7-14(6)18-16(20)15(8-17)11-19(9-12(2)3)10-13(4)5/h11-14H,7,9-10H2,1-6H3,(H,18,20)/b15-11-. The molecule has 20 heavy (non-hydrogen) atoms. The van der Waals surface area contributed by atoms with Gasteiger partial charge in [0, 0.05) is 25.3 Å². The van der Waals surface area contributed by atoms with Crippen LogP contribution in [-0.4, -0.2) is 29.9 Å². The van der Waals surface area contributed by atoms with E-state index in [-0.39, 0.29) is 17.5 Å². The molecule has 0 aliphatic carbocycles. The Kier molecular flexibility index (Phi) is 8.71. The maximum atomic E-state index is 12.0. The van der Waals surface area contributed by atoms with Gasteiger partial charge in [0.05, 0.1) is 0 Å². The molecule has 0 heterocycles. The topological polar surface area (TPSA) is 56.1 Å². The largest absolute Gasteiger partial charge is 0.376 e. The van der Waals surface area contributed by atoms with Crippen molar-refractivity contribution in [3.63, 3.8) is 0 Å². The number of carbonyl (C=O) groups is 1. The van der Waals surface area contributed by atoms with Crippen molar-refractivity contribution in [3.05, 3.63) is 11.8 Å². The summed E-state index contributed by atoms with van der Waals surface area (Å²) in [7, 11) is 0. The Hall–Kier alpha value is -1.50. The molecule has 0 aromatic rings. The van der Waals surface area contributed by atoms with Crippen molar-refractivity contribution in [2.24, 2.45) is 11.8 Å². The molecular formula is C16H29N3O. The van der Waals surface area contributed by atoms with Gasteiger partial charge in [-0.05, 0) is 25.2 Å². The molecule has 0 saturated carbocycles. The minimum Gasteiger partial charge on any atom is -0.376 e. The summed E-state index contributed by atoms with van der Waals surface area (Å²) >= 11 is 0. The molecule has 0 aliphatic heterocycles. The van der Waals surface area contributed by atoms with E-state index in [0.29, 0.717) is 11.8 Å². The lowest BCUT2D eigenvalue weighted by atomic mass is 10.1. The zero-order valence-corrected chi connectivity index (χ0v) is 13.7. The molecule has 114 valence electrons. The third-order valence-corrected chi connectivity index (χ3v) is 2.87. The average Bonchev–Trinajstić information content (AvgIpc) is 2.33. The summed E-state index contributed by atoms with van der Waals surface area (Å²) in [6.07, 6.45) is 2.56. The van der Waals surface area contributed by atoms with Crippen LogP contribution in [0, 0.1) is 23.2 Å². The minimum absolute atomic E-state index is 0.0860. The molecule has 1 atom stereocenters. The first-order chi connectivity index (χ1) is 9.29.